The van der Waals surface area contributed by atoms with Gasteiger partial charge >= 0.3 is 0 Å². The summed E-state index contributed by atoms with van der Waals surface area (Å²) in [6.07, 6.45) is 8.33. The minimum Gasteiger partial charge on any atom is -0.494 e. The second kappa shape index (κ2) is 19.3. The lowest BCUT2D eigenvalue weighted by Gasteiger charge is -2.34. The third-order valence-corrected chi connectivity index (χ3v) is 10.6. The first-order chi connectivity index (χ1) is 26.1. The maximum absolute atomic E-state index is 6.20. The topological polar surface area (TPSA) is 74.8 Å². The molecule has 2 heterocycles. The van der Waals surface area contributed by atoms with Crippen molar-refractivity contribution in [2.24, 2.45) is 0 Å². The van der Waals surface area contributed by atoms with Crippen LogP contribution in [0.25, 0.3) is 32.9 Å². The molecule has 0 radical (unpaired) electrons. The summed E-state index contributed by atoms with van der Waals surface area (Å²) in [5.41, 5.74) is 4.12. The van der Waals surface area contributed by atoms with E-state index in [1.54, 1.807) is 39.8 Å². The van der Waals surface area contributed by atoms with Gasteiger partial charge in [0.05, 0.1) is 51.9 Å². The van der Waals surface area contributed by atoms with Crippen LogP contribution in [0.1, 0.15) is 36.8 Å². The zero-order valence-corrected chi connectivity index (χ0v) is 32.2. The minimum absolute atomic E-state index is 0.572. The Kier molecular flexibility index (Phi) is 13.9. The van der Waals surface area contributed by atoms with Gasteiger partial charge < -0.3 is 38.2 Å². The van der Waals surface area contributed by atoms with Crippen molar-refractivity contribution in [3.8, 4) is 45.1 Å². The van der Waals surface area contributed by atoms with Crippen LogP contribution in [0, 0.1) is 0 Å². The van der Waals surface area contributed by atoms with Gasteiger partial charge in [0, 0.05) is 31.7 Å². The highest BCUT2D eigenvalue weighted by atomic mass is 32.1. The standard InChI is InChI=1S/C43H51N3O6S/c1-47-37-20-15-32(13-14-33-30-39(48-2)42(50-4)40(31-33)49-3)29-38(37)52-28-10-8-22-46-25-23-45(24-26-46)21-7-9-27-51-35-18-16-34(17-19-35)43-44-36-11-5-6-12-41(36)53-43/h5-6,11-20,29-31H,7-10,21-28H2,1-4H3. The molecule has 5 aromatic rings. The molecular formula is C43H51N3O6S. The highest BCUT2D eigenvalue weighted by Crippen LogP contribution is 2.39. The molecule has 1 saturated heterocycles. The molecule has 0 saturated carbocycles. The fraction of sp³-hybridized carbons (Fsp3) is 0.372. The van der Waals surface area contributed by atoms with Crippen molar-refractivity contribution < 1.29 is 28.4 Å². The van der Waals surface area contributed by atoms with Gasteiger partial charge in [0.25, 0.3) is 0 Å². The van der Waals surface area contributed by atoms with E-state index < -0.39 is 0 Å². The van der Waals surface area contributed by atoms with Crippen LogP contribution < -0.4 is 28.4 Å². The van der Waals surface area contributed by atoms with E-state index in [-0.39, 0.29) is 0 Å². The Morgan fingerprint density at radius 1 is 0.604 bits per heavy atom. The Balaban J connectivity index is 0.848. The van der Waals surface area contributed by atoms with Gasteiger partial charge in [-0.15, -0.1) is 11.3 Å². The van der Waals surface area contributed by atoms with E-state index in [2.05, 4.69) is 52.3 Å². The zero-order valence-electron chi connectivity index (χ0n) is 31.3. The van der Waals surface area contributed by atoms with Crippen LogP contribution in [0.15, 0.2) is 78.9 Å². The van der Waals surface area contributed by atoms with E-state index in [4.69, 9.17) is 33.4 Å². The normalized spacial score (nSPS) is 13.7. The van der Waals surface area contributed by atoms with Crippen LogP contribution in [-0.2, 0) is 0 Å². The van der Waals surface area contributed by atoms with E-state index in [1.165, 1.54) is 4.70 Å². The summed E-state index contributed by atoms with van der Waals surface area (Å²) in [6.45, 7) is 8.09. The van der Waals surface area contributed by atoms with Gasteiger partial charge in [-0.05, 0) is 111 Å². The van der Waals surface area contributed by atoms with Gasteiger partial charge in [0.2, 0.25) is 5.75 Å². The zero-order chi connectivity index (χ0) is 36.8. The monoisotopic (exact) mass is 737 g/mol. The molecule has 0 atom stereocenters. The number of ether oxygens (including phenoxy) is 6. The van der Waals surface area contributed by atoms with Gasteiger partial charge in [0.1, 0.15) is 10.8 Å². The number of aromatic nitrogens is 1. The lowest BCUT2D eigenvalue weighted by Crippen LogP contribution is -2.46. The van der Waals surface area contributed by atoms with E-state index in [9.17, 15) is 0 Å². The van der Waals surface area contributed by atoms with Crippen LogP contribution in [0.3, 0.4) is 0 Å². The first kappa shape index (κ1) is 38.0. The van der Waals surface area contributed by atoms with Crippen LogP contribution >= 0.6 is 11.3 Å². The summed E-state index contributed by atoms with van der Waals surface area (Å²) in [5.74, 6) is 4.20. The number of unbranched alkanes of at least 4 members (excludes halogenated alkanes) is 2. The molecule has 10 heteroatoms. The van der Waals surface area contributed by atoms with Crippen LogP contribution in [0.5, 0.6) is 34.5 Å². The summed E-state index contributed by atoms with van der Waals surface area (Å²) < 4.78 is 35.5. The molecule has 1 aliphatic heterocycles. The molecule has 1 fully saturated rings. The van der Waals surface area contributed by atoms with Gasteiger partial charge in [-0.1, -0.05) is 30.4 Å². The molecule has 280 valence electrons. The summed E-state index contributed by atoms with van der Waals surface area (Å²) in [7, 11) is 6.51. The van der Waals surface area contributed by atoms with E-state index in [0.29, 0.717) is 23.9 Å². The molecule has 0 N–H and O–H groups in total. The third kappa shape index (κ3) is 10.4. The largest absolute Gasteiger partial charge is 0.494 e. The smallest absolute Gasteiger partial charge is 0.203 e. The fourth-order valence-electron chi connectivity index (χ4n) is 6.47. The van der Waals surface area contributed by atoms with Crippen molar-refractivity contribution in [1.29, 1.82) is 0 Å². The second-order valence-electron chi connectivity index (χ2n) is 13.0. The maximum atomic E-state index is 6.20. The number of piperazine rings is 1. The SMILES string of the molecule is COc1ccc(C=Cc2cc(OC)c(OC)c(OC)c2)cc1OCCCCN1CCN(CCCCOc2ccc(-c3nc4ccccc4s3)cc2)CC1. The molecule has 0 amide bonds. The summed E-state index contributed by atoms with van der Waals surface area (Å²) in [4.78, 5) is 9.92. The maximum Gasteiger partial charge on any atom is 0.203 e. The molecule has 0 spiro atoms. The van der Waals surface area contributed by atoms with Gasteiger partial charge in [0.15, 0.2) is 23.0 Å². The van der Waals surface area contributed by atoms with Gasteiger partial charge in [-0.25, -0.2) is 4.98 Å². The lowest BCUT2D eigenvalue weighted by atomic mass is 10.1. The number of rotatable bonds is 19. The van der Waals surface area contributed by atoms with E-state index in [1.807, 2.05) is 48.6 Å². The molecule has 9 nitrogen and oxygen atoms in total. The number of para-hydroxylation sites is 1. The third-order valence-electron chi connectivity index (χ3n) is 9.47. The summed E-state index contributed by atoms with van der Waals surface area (Å²) >= 11 is 1.73. The summed E-state index contributed by atoms with van der Waals surface area (Å²) in [6, 6.07) is 26.4. The Hall–Kier alpha value is -4.77. The predicted octanol–water partition coefficient (Wildman–Crippen LogP) is 8.80. The Morgan fingerprint density at radius 2 is 1.21 bits per heavy atom. The average Bonchev–Trinajstić information content (AvgIpc) is 3.65. The Labute approximate surface area is 317 Å². The van der Waals surface area contributed by atoms with Crippen molar-refractivity contribution in [2.45, 2.75) is 25.7 Å². The number of hydrogen-bond donors (Lipinski definition) is 0. The lowest BCUT2D eigenvalue weighted by molar-refractivity contribution is 0.126. The Bertz CT molecular complexity index is 1860. The molecule has 53 heavy (non-hydrogen) atoms. The molecule has 4 aromatic carbocycles. The highest BCUT2D eigenvalue weighted by molar-refractivity contribution is 7.21. The van der Waals surface area contributed by atoms with Crippen LogP contribution in [0.2, 0.25) is 0 Å². The first-order valence-electron chi connectivity index (χ1n) is 18.4. The minimum atomic E-state index is 0.572. The van der Waals surface area contributed by atoms with E-state index in [0.717, 1.165) is 116 Å². The number of fused-ring (bicyclic) bond motifs is 1. The van der Waals surface area contributed by atoms with Crippen molar-refractivity contribution >= 4 is 33.7 Å². The van der Waals surface area contributed by atoms with Crippen molar-refractivity contribution in [2.75, 3.05) is 80.9 Å². The van der Waals surface area contributed by atoms with Crippen LogP contribution in [0.4, 0.5) is 0 Å². The van der Waals surface area contributed by atoms with Gasteiger partial charge in [-0.3, -0.25) is 0 Å². The first-order valence-corrected chi connectivity index (χ1v) is 19.2. The number of nitrogens with zero attached hydrogens (tertiary/aromatic N) is 3. The number of thiazole rings is 1. The predicted molar refractivity (Wildman–Crippen MR) is 215 cm³/mol. The van der Waals surface area contributed by atoms with Crippen LogP contribution in [-0.4, -0.2) is 95.7 Å². The number of methoxy groups -OCH3 is 4. The number of hydrogen-bond acceptors (Lipinski definition) is 10. The van der Waals surface area contributed by atoms with Gasteiger partial charge in [-0.2, -0.15) is 0 Å². The molecule has 0 unspecified atom stereocenters. The fourth-order valence-corrected chi connectivity index (χ4v) is 7.44. The van der Waals surface area contributed by atoms with Crippen molar-refractivity contribution in [3.63, 3.8) is 0 Å². The molecule has 6 rings (SSSR count). The summed E-state index contributed by atoms with van der Waals surface area (Å²) in [5, 5.41) is 1.05. The quantitative estimate of drug-likeness (QED) is 0.0611. The van der Waals surface area contributed by atoms with Crippen molar-refractivity contribution in [3.05, 3.63) is 90.0 Å². The van der Waals surface area contributed by atoms with E-state index >= 15 is 0 Å². The molecule has 1 aromatic heterocycles. The average molecular weight is 738 g/mol. The highest BCUT2D eigenvalue weighted by Gasteiger charge is 2.16. The molecule has 0 bridgehead atoms. The Morgan fingerprint density at radius 3 is 1.83 bits per heavy atom. The van der Waals surface area contributed by atoms with Crippen molar-refractivity contribution in [1.82, 2.24) is 14.8 Å². The number of benzene rings is 4. The second-order valence-corrected chi connectivity index (χ2v) is 14.0. The molecule has 1 aliphatic rings. The molecular weight excluding hydrogens is 687 g/mol. The molecule has 0 aliphatic carbocycles.